The van der Waals surface area contributed by atoms with E-state index in [-0.39, 0.29) is 5.75 Å². The summed E-state index contributed by atoms with van der Waals surface area (Å²) in [5.41, 5.74) is -0.527. The fourth-order valence-corrected chi connectivity index (χ4v) is 3.94. The van der Waals surface area contributed by atoms with Gasteiger partial charge in [0.15, 0.2) is 0 Å². The quantitative estimate of drug-likeness (QED) is 0.743. The minimum absolute atomic E-state index is 0.137. The van der Waals surface area contributed by atoms with Crippen molar-refractivity contribution >= 4 is 10.0 Å². The zero-order valence-corrected chi connectivity index (χ0v) is 13.5. The molecule has 0 aliphatic carbocycles. The molecule has 0 aromatic carbocycles. The summed E-state index contributed by atoms with van der Waals surface area (Å²) in [6.07, 6.45) is 0. The average molecular weight is 306 g/mol. The van der Waals surface area contributed by atoms with Crippen LogP contribution >= 0.6 is 0 Å². The highest BCUT2D eigenvalue weighted by atomic mass is 32.2. The van der Waals surface area contributed by atoms with E-state index in [9.17, 15) is 8.42 Å². The van der Waals surface area contributed by atoms with Crippen molar-refractivity contribution in [1.29, 1.82) is 0 Å². The predicted molar refractivity (Wildman–Crippen MR) is 77.2 cm³/mol. The third kappa shape index (κ3) is 3.51. The summed E-state index contributed by atoms with van der Waals surface area (Å²) in [6.45, 7) is 9.96. The molecule has 0 aromatic heterocycles. The summed E-state index contributed by atoms with van der Waals surface area (Å²) in [5, 5.41) is 0. The van der Waals surface area contributed by atoms with E-state index in [0.29, 0.717) is 39.0 Å². The molecule has 0 amide bonds. The summed E-state index contributed by atoms with van der Waals surface area (Å²) < 4.78 is 37.4. The van der Waals surface area contributed by atoms with Gasteiger partial charge in [0.05, 0.1) is 25.6 Å². The molecule has 7 heteroatoms. The average Bonchev–Trinajstić information content (AvgIpc) is 2.62. The first-order valence-corrected chi connectivity index (χ1v) is 8.93. The number of rotatable bonds is 3. The maximum absolute atomic E-state index is 12.1. The Hall–Kier alpha value is -0.210. The Morgan fingerprint density at radius 3 is 2.60 bits per heavy atom. The molecule has 0 aromatic rings. The number of sulfonamides is 1. The van der Waals surface area contributed by atoms with Crippen molar-refractivity contribution in [3.8, 4) is 0 Å². The molecule has 0 saturated carbocycles. The van der Waals surface area contributed by atoms with Gasteiger partial charge in [0.25, 0.3) is 0 Å². The van der Waals surface area contributed by atoms with Gasteiger partial charge < -0.3 is 9.47 Å². The second-order valence-electron chi connectivity index (χ2n) is 5.88. The lowest BCUT2D eigenvalue weighted by Gasteiger charge is -2.43. The van der Waals surface area contributed by atoms with Crippen LogP contribution in [0.5, 0.6) is 0 Å². The van der Waals surface area contributed by atoms with E-state index < -0.39 is 15.6 Å². The Kier molecular flexibility index (Phi) is 5.07. The third-order valence-electron chi connectivity index (χ3n) is 4.08. The fourth-order valence-electron chi connectivity index (χ4n) is 2.79. The second-order valence-corrected chi connectivity index (χ2v) is 8.14. The Balaban J connectivity index is 2.15. The van der Waals surface area contributed by atoms with Crippen LogP contribution in [0, 0.1) is 0 Å². The monoisotopic (exact) mass is 306 g/mol. The van der Waals surface area contributed by atoms with E-state index in [0.717, 1.165) is 13.1 Å². The maximum atomic E-state index is 12.1. The van der Waals surface area contributed by atoms with Crippen LogP contribution in [0.2, 0.25) is 0 Å². The van der Waals surface area contributed by atoms with Crippen LogP contribution in [0.4, 0.5) is 0 Å². The topological polar surface area (TPSA) is 59.1 Å². The molecule has 1 spiro atoms. The zero-order chi connectivity index (χ0) is 14.8. The summed E-state index contributed by atoms with van der Waals surface area (Å²) >= 11 is 0. The zero-order valence-electron chi connectivity index (χ0n) is 12.7. The first kappa shape index (κ1) is 16.2. The van der Waals surface area contributed by atoms with Crippen LogP contribution in [-0.4, -0.2) is 81.0 Å². The minimum Gasteiger partial charge on any atom is -0.377 e. The highest BCUT2D eigenvalue weighted by molar-refractivity contribution is 7.89. The molecule has 0 radical (unpaired) electrons. The summed E-state index contributed by atoms with van der Waals surface area (Å²) in [7, 11) is -3.17. The van der Waals surface area contributed by atoms with Gasteiger partial charge in [-0.05, 0) is 20.8 Å². The molecular formula is C13H26N2O4S. The van der Waals surface area contributed by atoms with E-state index >= 15 is 0 Å². The van der Waals surface area contributed by atoms with Gasteiger partial charge in [-0.2, -0.15) is 4.31 Å². The molecule has 2 aliphatic heterocycles. The molecule has 1 atom stereocenters. The van der Waals surface area contributed by atoms with E-state index in [1.807, 2.05) is 0 Å². The first-order valence-electron chi connectivity index (χ1n) is 7.32. The van der Waals surface area contributed by atoms with E-state index in [4.69, 9.17) is 9.47 Å². The van der Waals surface area contributed by atoms with Crippen molar-refractivity contribution in [3.63, 3.8) is 0 Å². The Bertz CT molecular complexity index is 426. The van der Waals surface area contributed by atoms with Gasteiger partial charge in [-0.1, -0.05) is 0 Å². The first-order chi connectivity index (χ1) is 9.38. The van der Waals surface area contributed by atoms with Crippen LogP contribution < -0.4 is 0 Å². The van der Waals surface area contributed by atoms with Gasteiger partial charge in [-0.3, -0.25) is 4.90 Å². The Labute approximate surface area is 122 Å². The molecule has 2 fully saturated rings. The molecule has 1 unspecified atom stereocenters. The van der Waals surface area contributed by atoms with E-state index in [2.05, 4.69) is 18.7 Å². The standard InChI is InChI=1S/C13H26N2O4S/c1-4-20(16,17)15-6-8-19-13(10-15)9-14(12(2)3)5-7-18-11-13/h12H,4-11H2,1-3H3. The number of hydrogen-bond donors (Lipinski definition) is 0. The molecule has 2 aliphatic rings. The molecule has 118 valence electrons. The SMILES string of the molecule is CCS(=O)(=O)N1CCOC2(COCCN(C(C)C)C2)C1. The lowest BCUT2D eigenvalue weighted by Crippen LogP contribution is -2.60. The molecule has 2 saturated heterocycles. The molecular weight excluding hydrogens is 280 g/mol. The molecule has 20 heavy (non-hydrogen) atoms. The van der Waals surface area contributed by atoms with Gasteiger partial charge in [-0.15, -0.1) is 0 Å². The van der Waals surface area contributed by atoms with Crippen molar-refractivity contribution in [2.75, 3.05) is 51.8 Å². The van der Waals surface area contributed by atoms with E-state index in [1.165, 1.54) is 0 Å². The van der Waals surface area contributed by atoms with Gasteiger partial charge in [0.2, 0.25) is 10.0 Å². The third-order valence-corrected chi connectivity index (χ3v) is 5.91. The smallest absolute Gasteiger partial charge is 0.214 e. The molecule has 6 nitrogen and oxygen atoms in total. The number of nitrogens with zero attached hydrogens (tertiary/aromatic N) is 2. The summed E-state index contributed by atoms with van der Waals surface area (Å²) in [6, 6.07) is 0.398. The van der Waals surface area contributed by atoms with Crippen molar-refractivity contribution < 1.29 is 17.9 Å². The van der Waals surface area contributed by atoms with Gasteiger partial charge in [0, 0.05) is 32.2 Å². The van der Waals surface area contributed by atoms with Crippen molar-refractivity contribution in [2.24, 2.45) is 0 Å². The Morgan fingerprint density at radius 1 is 1.20 bits per heavy atom. The Morgan fingerprint density at radius 2 is 1.95 bits per heavy atom. The lowest BCUT2D eigenvalue weighted by molar-refractivity contribution is -0.127. The van der Waals surface area contributed by atoms with Crippen LogP contribution in [-0.2, 0) is 19.5 Å². The van der Waals surface area contributed by atoms with Crippen molar-refractivity contribution in [2.45, 2.75) is 32.4 Å². The van der Waals surface area contributed by atoms with Gasteiger partial charge in [-0.25, -0.2) is 8.42 Å². The lowest BCUT2D eigenvalue weighted by atomic mass is 10.0. The maximum Gasteiger partial charge on any atom is 0.214 e. The van der Waals surface area contributed by atoms with Crippen LogP contribution in [0.1, 0.15) is 20.8 Å². The highest BCUT2D eigenvalue weighted by Crippen LogP contribution is 2.25. The summed E-state index contributed by atoms with van der Waals surface area (Å²) in [4.78, 5) is 2.30. The molecule has 2 heterocycles. The van der Waals surface area contributed by atoms with Crippen LogP contribution in [0.3, 0.4) is 0 Å². The largest absolute Gasteiger partial charge is 0.377 e. The van der Waals surface area contributed by atoms with Crippen LogP contribution in [0.15, 0.2) is 0 Å². The van der Waals surface area contributed by atoms with Crippen molar-refractivity contribution in [1.82, 2.24) is 9.21 Å². The van der Waals surface area contributed by atoms with Crippen LogP contribution in [0.25, 0.3) is 0 Å². The number of ether oxygens (including phenoxy) is 2. The number of hydrogen-bond acceptors (Lipinski definition) is 5. The second kappa shape index (κ2) is 6.27. The highest BCUT2D eigenvalue weighted by Gasteiger charge is 2.43. The molecule has 0 N–H and O–H groups in total. The minimum atomic E-state index is -3.17. The fraction of sp³-hybridized carbons (Fsp3) is 1.00. The predicted octanol–water partition coefficient (Wildman–Crippen LogP) is 0.148. The van der Waals surface area contributed by atoms with E-state index in [1.54, 1.807) is 11.2 Å². The van der Waals surface area contributed by atoms with Gasteiger partial charge >= 0.3 is 0 Å². The normalized spacial score (nSPS) is 30.8. The number of morpholine rings is 1. The molecule has 2 rings (SSSR count). The molecule has 0 bridgehead atoms. The van der Waals surface area contributed by atoms with Gasteiger partial charge in [0.1, 0.15) is 5.60 Å². The summed E-state index contributed by atoms with van der Waals surface area (Å²) in [5.74, 6) is 0.137. The van der Waals surface area contributed by atoms with Crippen molar-refractivity contribution in [3.05, 3.63) is 0 Å².